The van der Waals surface area contributed by atoms with Crippen LogP contribution in [0.5, 0.6) is 0 Å². The number of hydrogen-bond donors (Lipinski definition) is 12. The number of rotatable bonds is 13. The molecule has 4 fully saturated rings. The standard InChI is InChI=1S/C30H47NO22/c1-7(34)4-10-21(49-29-19(41)16(38)17(39)24(52-29)26(43)44)14(36)12(6-33)48-28(10)51-23-18(40)20(42)30(53-25(23)27(45)46)50-22-13(31-9(3)35)8(2)47-11(5-32)15(22)37/h8,10-25,28-30,32-33,36-42H,4-6H2,1-3H3,(H,31,35)(H,43,44)(H,45,46)/t8-,10+,11+,12+,13-,14+,15+,16-,17-,18+,19+,20+,21+,22+,23-,24-,25-,28-,29+,30+/m0/s1. The van der Waals surface area contributed by atoms with Crippen molar-refractivity contribution in [2.75, 3.05) is 13.2 Å². The van der Waals surface area contributed by atoms with Crippen molar-refractivity contribution in [2.24, 2.45) is 5.92 Å². The van der Waals surface area contributed by atoms with Gasteiger partial charge in [-0.25, -0.2) is 9.59 Å². The van der Waals surface area contributed by atoms with Crippen LogP contribution in [0.4, 0.5) is 0 Å². The van der Waals surface area contributed by atoms with Crippen LogP contribution in [0.1, 0.15) is 27.2 Å². The number of aliphatic hydroxyl groups is 9. The van der Waals surface area contributed by atoms with Crippen LogP contribution in [0.25, 0.3) is 0 Å². The lowest BCUT2D eigenvalue weighted by Gasteiger charge is -2.49. The fourth-order valence-corrected chi connectivity index (χ4v) is 6.79. The topological polar surface area (TPSA) is 367 Å². The molecule has 23 heteroatoms. The highest BCUT2D eigenvalue weighted by Gasteiger charge is 2.57. The molecule has 23 nitrogen and oxygen atoms in total. The SMILES string of the molecule is CC(=O)C[C@H]1[C@H](O[C@H]2[C@H](O)[C@@H](O)[C@H](O[C@H]3[C@H](O)[C@@H](CO)O[C@@H](C)[C@@H]3NC(C)=O)O[C@@H]2C(=O)O)O[C@H](CO)[C@@H](O)[C@@H]1O[C@@H]1O[C@H](C(=O)O)[C@@H](O)[C@H](O)[C@H]1O. The number of ether oxygens (including phenoxy) is 7. The molecular weight excluding hydrogens is 726 g/mol. The average Bonchev–Trinajstić information content (AvgIpc) is 3.08. The summed E-state index contributed by atoms with van der Waals surface area (Å²) in [7, 11) is 0. The molecule has 53 heavy (non-hydrogen) atoms. The number of hydrogen-bond acceptors (Lipinski definition) is 20. The molecule has 4 rings (SSSR count). The van der Waals surface area contributed by atoms with Gasteiger partial charge in [0.1, 0.15) is 72.9 Å². The highest BCUT2D eigenvalue weighted by atomic mass is 16.8. The van der Waals surface area contributed by atoms with Crippen molar-refractivity contribution in [1.29, 1.82) is 0 Å². The van der Waals surface area contributed by atoms with E-state index in [-0.39, 0.29) is 0 Å². The number of Topliss-reactive ketones (excluding diaryl/α,β-unsaturated/α-hetero) is 1. The van der Waals surface area contributed by atoms with E-state index in [1.807, 2.05) is 0 Å². The fourth-order valence-electron chi connectivity index (χ4n) is 6.79. The molecule has 4 heterocycles. The number of carbonyl (C=O) groups is 4. The first-order valence-electron chi connectivity index (χ1n) is 16.6. The predicted octanol–water partition coefficient (Wildman–Crippen LogP) is -7.12. The number of amides is 1. The lowest BCUT2D eigenvalue weighted by molar-refractivity contribution is -0.373. The van der Waals surface area contributed by atoms with Crippen LogP contribution in [-0.4, -0.2) is 209 Å². The van der Waals surface area contributed by atoms with Gasteiger partial charge in [0.25, 0.3) is 0 Å². The molecule has 0 unspecified atom stereocenters. The maximum Gasteiger partial charge on any atom is 0.335 e. The van der Waals surface area contributed by atoms with Gasteiger partial charge in [-0.1, -0.05) is 0 Å². The van der Waals surface area contributed by atoms with E-state index in [0.717, 1.165) is 13.8 Å². The summed E-state index contributed by atoms with van der Waals surface area (Å²) in [6.45, 7) is 2.06. The van der Waals surface area contributed by atoms with Crippen LogP contribution in [0, 0.1) is 5.92 Å². The Hall–Kier alpha value is -2.56. The van der Waals surface area contributed by atoms with Gasteiger partial charge in [-0.15, -0.1) is 0 Å². The number of carbonyl (C=O) groups excluding carboxylic acids is 2. The summed E-state index contributed by atoms with van der Waals surface area (Å²) < 4.78 is 39.1. The van der Waals surface area contributed by atoms with Crippen molar-refractivity contribution in [3.05, 3.63) is 0 Å². The molecule has 304 valence electrons. The monoisotopic (exact) mass is 773 g/mol. The van der Waals surface area contributed by atoms with E-state index in [1.54, 1.807) is 0 Å². The van der Waals surface area contributed by atoms with Crippen LogP contribution in [0.3, 0.4) is 0 Å². The summed E-state index contributed by atoms with van der Waals surface area (Å²) in [6.07, 6.45) is -34.3. The second-order valence-electron chi connectivity index (χ2n) is 13.3. The zero-order valence-corrected chi connectivity index (χ0v) is 28.6. The van der Waals surface area contributed by atoms with Crippen LogP contribution >= 0.6 is 0 Å². The smallest absolute Gasteiger partial charge is 0.335 e. The van der Waals surface area contributed by atoms with Crippen molar-refractivity contribution >= 4 is 23.6 Å². The fraction of sp³-hybridized carbons (Fsp3) is 0.867. The Morgan fingerprint density at radius 1 is 0.585 bits per heavy atom. The quantitative estimate of drug-likeness (QED) is 0.0827. The number of nitrogens with one attached hydrogen (secondary N) is 1. The van der Waals surface area contributed by atoms with Gasteiger partial charge in [0.15, 0.2) is 31.1 Å². The zero-order chi connectivity index (χ0) is 39.6. The summed E-state index contributed by atoms with van der Waals surface area (Å²) in [5.74, 6) is -6.27. The first kappa shape index (κ1) is 43.2. The third kappa shape index (κ3) is 9.29. The number of carboxylic acids is 2. The molecule has 4 saturated heterocycles. The van der Waals surface area contributed by atoms with Gasteiger partial charge in [0.05, 0.1) is 31.5 Å². The molecule has 0 aromatic heterocycles. The molecule has 0 radical (unpaired) electrons. The van der Waals surface area contributed by atoms with Gasteiger partial charge in [-0.3, -0.25) is 4.79 Å². The third-order valence-corrected chi connectivity index (χ3v) is 9.49. The number of aliphatic carboxylic acids is 2. The molecule has 0 aromatic rings. The first-order valence-corrected chi connectivity index (χ1v) is 16.6. The second-order valence-corrected chi connectivity index (χ2v) is 13.3. The van der Waals surface area contributed by atoms with Crippen molar-refractivity contribution in [2.45, 2.75) is 144 Å². The van der Waals surface area contributed by atoms with Gasteiger partial charge in [0.2, 0.25) is 5.91 Å². The van der Waals surface area contributed by atoms with Crippen LogP contribution < -0.4 is 5.32 Å². The number of carboxylic acid groups (broad SMARTS) is 2. The van der Waals surface area contributed by atoms with Crippen LogP contribution in [0.2, 0.25) is 0 Å². The molecule has 0 aliphatic carbocycles. The van der Waals surface area contributed by atoms with E-state index >= 15 is 0 Å². The molecular formula is C30H47NO22. The van der Waals surface area contributed by atoms with Crippen molar-refractivity contribution in [3.63, 3.8) is 0 Å². The molecule has 0 aromatic carbocycles. The summed E-state index contributed by atoms with van der Waals surface area (Å²) >= 11 is 0. The second kappa shape index (κ2) is 17.9. The van der Waals surface area contributed by atoms with Gasteiger partial charge in [-0.05, 0) is 13.8 Å². The van der Waals surface area contributed by atoms with E-state index in [0.29, 0.717) is 0 Å². The first-order chi connectivity index (χ1) is 24.8. The lowest BCUT2D eigenvalue weighted by Crippen LogP contribution is -2.68. The highest BCUT2D eigenvalue weighted by molar-refractivity contribution is 5.76. The summed E-state index contributed by atoms with van der Waals surface area (Å²) in [6, 6.07) is -1.13. The van der Waals surface area contributed by atoms with Crippen molar-refractivity contribution in [3.8, 4) is 0 Å². The largest absolute Gasteiger partial charge is 0.479 e. The van der Waals surface area contributed by atoms with E-state index < -0.39 is 166 Å². The van der Waals surface area contributed by atoms with E-state index in [9.17, 15) is 75.3 Å². The molecule has 0 bridgehead atoms. The number of aliphatic hydroxyl groups excluding tert-OH is 9. The summed E-state index contributed by atoms with van der Waals surface area (Å²) in [4.78, 5) is 48.5. The van der Waals surface area contributed by atoms with E-state index in [1.165, 1.54) is 6.92 Å². The molecule has 0 saturated carbocycles. The Kier molecular flexibility index (Phi) is 14.6. The Bertz CT molecular complexity index is 1290. The van der Waals surface area contributed by atoms with Crippen molar-refractivity contribution in [1.82, 2.24) is 5.32 Å². The summed E-state index contributed by atoms with van der Waals surface area (Å²) in [5.41, 5.74) is 0. The Morgan fingerprint density at radius 2 is 1.08 bits per heavy atom. The van der Waals surface area contributed by atoms with Gasteiger partial charge in [-0.2, -0.15) is 0 Å². The number of ketones is 1. The van der Waals surface area contributed by atoms with E-state index in [2.05, 4.69) is 5.32 Å². The average molecular weight is 774 g/mol. The molecule has 20 atom stereocenters. The molecule has 4 aliphatic rings. The molecule has 0 spiro atoms. The Balaban J connectivity index is 1.62. The minimum absolute atomic E-state index is 0.586. The van der Waals surface area contributed by atoms with Crippen molar-refractivity contribution < 1.29 is 109 Å². The van der Waals surface area contributed by atoms with Gasteiger partial charge >= 0.3 is 11.9 Å². The van der Waals surface area contributed by atoms with Crippen LogP contribution in [0.15, 0.2) is 0 Å². The third-order valence-electron chi connectivity index (χ3n) is 9.49. The summed E-state index contributed by atoms with van der Waals surface area (Å²) in [5, 5.41) is 117. The Labute approximate surface area is 300 Å². The predicted molar refractivity (Wildman–Crippen MR) is 163 cm³/mol. The van der Waals surface area contributed by atoms with E-state index in [4.69, 9.17) is 33.2 Å². The zero-order valence-electron chi connectivity index (χ0n) is 28.6. The normalized spacial score (nSPS) is 46.3. The maximum absolute atomic E-state index is 12.5. The maximum atomic E-state index is 12.5. The lowest BCUT2D eigenvalue weighted by atomic mass is 9.86. The molecule has 12 N–H and O–H groups in total. The Morgan fingerprint density at radius 3 is 1.60 bits per heavy atom. The minimum atomic E-state index is -2.21. The molecule has 1 amide bonds. The van der Waals surface area contributed by atoms with Gasteiger partial charge in [0, 0.05) is 19.3 Å². The highest BCUT2D eigenvalue weighted by Crippen LogP contribution is 2.38. The minimum Gasteiger partial charge on any atom is -0.479 e. The van der Waals surface area contributed by atoms with Crippen LogP contribution in [-0.2, 0) is 52.3 Å². The van der Waals surface area contributed by atoms with Gasteiger partial charge < -0.3 is 99.4 Å². The molecule has 4 aliphatic heterocycles.